The Balaban J connectivity index is 1.51. The van der Waals surface area contributed by atoms with Gasteiger partial charge in [-0.25, -0.2) is 4.98 Å². The number of carbonyl (C=O) groups is 1. The Morgan fingerprint density at radius 1 is 1.14 bits per heavy atom. The van der Waals surface area contributed by atoms with Gasteiger partial charge in [-0.3, -0.25) is 9.59 Å². The van der Waals surface area contributed by atoms with Gasteiger partial charge in [0.2, 0.25) is 0 Å². The number of amides is 1. The monoisotopic (exact) mass is 425 g/mol. The van der Waals surface area contributed by atoms with Crippen LogP contribution in [0.4, 0.5) is 0 Å². The molecule has 0 saturated carbocycles. The molecule has 1 aromatic heterocycles. The van der Waals surface area contributed by atoms with Gasteiger partial charge in [0.1, 0.15) is 5.82 Å². The van der Waals surface area contributed by atoms with E-state index in [1.54, 1.807) is 11.0 Å². The molecule has 1 saturated heterocycles. The van der Waals surface area contributed by atoms with Gasteiger partial charge in [0.15, 0.2) is 0 Å². The van der Waals surface area contributed by atoms with Crippen molar-refractivity contribution in [3.8, 4) is 0 Å². The average molecular weight is 426 g/mol. The molecule has 0 spiro atoms. The van der Waals surface area contributed by atoms with E-state index >= 15 is 0 Å². The molecular formula is C22H23N3O2S2. The number of carbonyl (C=O) groups excluding carboxylic acids is 1. The van der Waals surface area contributed by atoms with Crippen LogP contribution in [0, 0.1) is 0 Å². The highest BCUT2D eigenvalue weighted by molar-refractivity contribution is 8.16. The SMILES string of the molecule is CCN(Cc1nc2ccccc2c(=O)[nH]1)C(=O)c1ccc(C2SCCCS2)cc1. The Morgan fingerprint density at radius 3 is 2.59 bits per heavy atom. The zero-order chi connectivity index (χ0) is 20.2. The molecule has 1 amide bonds. The molecule has 7 heteroatoms. The third-order valence-corrected chi connectivity index (χ3v) is 7.94. The lowest BCUT2D eigenvalue weighted by Crippen LogP contribution is -2.32. The third-order valence-electron chi connectivity index (χ3n) is 4.93. The quantitative estimate of drug-likeness (QED) is 0.654. The minimum atomic E-state index is -0.180. The van der Waals surface area contributed by atoms with E-state index in [2.05, 4.69) is 22.1 Å². The van der Waals surface area contributed by atoms with E-state index in [9.17, 15) is 9.59 Å². The lowest BCUT2D eigenvalue weighted by Gasteiger charge is -2.22. The summed E-state index contributed by atoms with van der Waals surface area (Å²) in [5.41, 5.74) is 2.38. The Kier molecular flexibility index (Phi) is 6.25. The fraction of sp³-hybridized carbons (Fsp3) is 0.318. The first-order chi connectivity index (χ1) is 14.2. The second kappa shape index (κ2) is 9.05. The van der Waals surface area contributed by atoms with Gasteiger partial charge in [0, 0.05) is 12.1 Å². The summed E-state index contributed by atoms with van der Waals surface area (Å²) in [6.45, 7) is 2.73. The van der Waals surface area contributed by atoms with Gasteiger partial charge in [-0.15, -0.1) is 23.5 Å². The molecule has 5 nitrogen and oxygen atoms in total. The zero-order valence-electron chi connectivity index (χ0n) is 16.3. The number of fused-ring (bicyclic) bond motifs is 1. The third kappa shape index (κ3) is 4.51. The number of thioether (sulfide) groups is 2. The molecule has 4 rings (SSSR count). The Hall–Kier alpha value is -2.25. The molecule has 3 aromatic rings. The molecule has 0 unspecified atom stereocenters. The Morgan fingerprint density at radius 2 is 1.86 bits per heavy atom. The smallest absolute Gasteiger partial charge is 0.258 e. The van der Waals surface area contributed by atoms with E-state index in [1.165, 1.54) is 23.5 Å². The zero-order valence-corrected chi connectivity index (χ0v) is 17.9. The maximum Gasteiger partial charge on any atom is 0.258 e. The van der Waals surface area contributed by atoms with E-state index < -0.39 is 0 Å². The minimum absolute atomic E-state index is 0.0567. The standard InChI is InChI=1S/C22H23N3O2S2/c1-2-25(14-19-23-18-7-4-3-6-17(18)20(26)24-19)21(27)15-8-10-16(11-9-15)22-28-12-5-13-29-22/h3-4,6-11,22H,2,5,12-14H2,1H3,(H,23,24,26). The molecule has 0 radical (unpaired) electrons. The van der Waals surface area contributed by atoms with Crippen LogP contribution in [0.3, 0.4) is 0 Å². The number of aromatic nitrogens is 2. The number of hydrogen-bond acceptors (Lipinski definition) is 5. The summed E-state index contributed by atoms with van der Waals surface area (Å²) in [7, 11) is 0. The second-order valence-electron chi connectivity index (χ2n) is 6.90. The topological polar surface area (TPSA) is 66.1 Å². The van der Waals surface area contributed by atoms with Crippen molar-refractivity contribution in [1.29, 1.82) is 0 Å². The van der Waals surface area contributed by atoms with Gasteiger partial charge in [-0.05, 0) is 54.7 Å². The van der Waals surface area contributed by atoms with Crippen molar-refractivity contribution >= 4 is 40.3 Å². The Labute approximate surface area is 178 Å². The lowest BCUT2D eigenvalue weighted by atomic mass is 10.1. The summed E-state index contributed by atoms with van der Waals surface area (Å²) in [5, 5.41) is 0.555. The van der Waals surface area contributed by atoms with Gasteiger partial charge in [-0.2, -0.15) is 0 Å². The van der Waals surface area contributed by atoms with E-state index in [0.29, 0.717) is 33.4 Å². The number of H-pyrrole nitrogens is 1. The number of hydrogen-bond donors (Lipinski definition) is 1. The van der Waals surface area contributed by atoms with Gasteiger partial charge < -0.3 is 9.88 Å². The van der Waals surface area contributed by atoms with Crippen LogP contribution < -0.4 is 5.56 Å². The van der Waals surface area contributed by atoms with Crippen LogP contribution in [0.2, 0.25) is 0 Å². The molecule has 1 aliphatic heterocycles. The van der Waals surface area contributed by atoms with Crippen molar-refractivity contribution in [1.82, 2.24) is 14.9 Å². The predicted octanol–water partition coefficient (Wildman–Crippen LogP) is 4.45. The molecule has 2 aromatic carbocycles. The Bertz CT molecular complexity index is 1060. The minimum Gasteiger partial charge on any atom is -0.331 e. The largest absolute Gasteiger partial charge is 0.331 e. The lowest BCUT2D eigenvalue weighted by molar-refractivity contribution is 0.0748. The molecule has 2 heterocycles. The van der Waals surface area contributed by atoms with Crippen molar-refractivity contribution in [2.45, 2.75) is 24.5 Å². The first kappa shape index (κ1) is 20.0. The molecule has 0 atom stereocenters. The number of rotatable bonds is 5. The van der Waals surface area contributed by atoms with Crippen LogP contribution in [0.15, 0.2) is 53.3 Å². The van der Waals surface area contributed by atoms with E-state index in [4.69, 9.17) is 0 Å². The van der Waals surface area contributed by atoms with E-state index in [1.807, 2.05) is 60.8 Å². The van der Waals surface area contributed by atoms with Crippen LogP contribution >= 0.6 is 23.5 Å². The molecular weight excluding hydrogens is 402 g/mol. The molecule has 1 aliphatic rings. The van der Waals surface area contributed by atoms with Crippen LogP contribution in [0.5, 0.6) is 0 Å². The summed E-state index contributed by atoms with van der Waals surface area (Å²) in [6, 6.07) is 15.2. The highest BCUT2D eigenvalue weighted by atomic mass is 32.2. The second-order valence-corrected chi connectivity index (χ2v) is 9.62. The highest BCUT2D eigenvalue weighted by Gasteiger charge is 2.19. The fourth-order valence-corrected chi connectivity index (χ4v) is 6.26. The van der Waals surface area contributed by atoms with Crippen LogP contribution in [0.25, 0.3) is 10.9 Å². The molecule has 29 heavy (non-hydrogen) atoms. The number of nitrogens with one attached hydrogen (secondary N) is 1. The first-order valence-electron chi connectivity index (χ1n) is 9.76. The van der Waals surface area contributed by atoms with Crippen molar-refractivity contribution in [2.24, 2.45) is 0 Å². The molecule has 0 bridgehead atoms. The maximum atomic E-state index is 13.0. The van der Waals surface area contributed by atoms with Crippen molar-refractivity contribution < 1.29 is 4.79 Å². The van der Waals surface area contributed by atoms with Crippen molar-refractivity contribution in [2.75, 3.05) is 18.1 Å². The van der Waals surface area contributed by atoms with Gasteiger partial charge >= 0.3 is 0 Å². The normalized spacial score (nSPS) is 14.8. The van der Waals surface area contributed by atoms with E-state index in [-0.39, 0.29) is 18.0 Å². The molecule has 1 fully saturated rings. The first-order valence-corrected chi connectivity index (χ1v) is 11.9. The van der Waals surface area contributed by atoms with E-state index in [0.717, 1.165) is 0 Å². The summed E-state index contributed by atoms with van der Waals surface area (Å²) in [4.78, 5) is 34.3. The van der Waals surface area contributed by atoms with Gasteiger partial charge in [0.05, 0.1) is 22.0 Å². The number of nitrogens with zero attached hydrogens (tertiary/aromatic N) is 2. The van der Waals surface area contributed by atoms with Crippen LogP contribution in [0.1, 0.15) is 39.7 Å². The van der Waals surface area contributed by atoms with Crippen molar-refractivity contribution in [3.05, 3.63) is 75.8 Å². The molecule has 1 N–H and O–H groups in total. The summed E-state index contributed by atoms with van der Waals surface area (Å²) in [6.07, 6.45) is 1.26. The number of para-hydroxylation sites is 1. The van der Waals surface area contributed by atoms with Gasteiger partial charge in [-0.1, -0.05) is 24.3 Å². The summed E-state index contributed by atoms with van der Waals surface area (Å²) < 4.78 is 0.460. The molecule has 150 valence electrons. The van der Waals surface area contributed by atoms with Crippen LogP contribution in [-0.2, 0) is 6.54 Å². The molecule has 0 aliphatic carbocycles. The fourth-order valence-electron chi connectivity index (χ4n) is 3.36. The van der Waals surface area contributed by atoms with Crippen LogP contribution in [-0.4, -0.2) is 38.8 Å². The highest BCUT2D eigenvalue weighted by Crippen LogP contribution is 2.43. The average Bonchev–Trinajstić information content (AvgIpc) is 2.78. The van der Waals surface area contributed by atoms with Gasteiger partial charge in [0.25, 0.3) is 11.5 Å². The maximum absolute atomic E-state index is 13.0. The summed E-state index contributed by atoms with van der Waals surface area (Å²) in [5.74, 6) is 2.83. The number of aromatic amines is 1. The summed E-state index contributed by atoms with van der Waals surface area (Å²) >= 11 is 3.94. The predicted molar refractivity (Wildman–Crippen MR) is 121 cm³/mol. The van der Waals surface area contributed by atoms with Crippen molar-refractivity contribution in [3.63, 3.8) is 0 Å². The number of benzene rings is 2.